The lowest BCUT2D eigenvalue weighted by atomic mass is 9.99. The number of H-pyrrole nitrogens is 1. The summed E-state index contributed by atoms with van der Waals surface area (Å²) >= 11 is 0. The highest BCUT2D eigenvalue weighted by molar-refractivity contribution is 5.28. The maximum Gasteiger partial charge on any atom is 0.197 e. The fourth-order valence-electron chi connectivity index (χ4n) is 3.59. The second kappa shape index (κ2) is 5.31. The molecule has 1 fully saturated rings. The van der Waals surface area contributed by atoms with E-state index in [1.807, 2.05) is 24.1 Å². The summed E-state index contributed by atoms with van der Waals surface area (Å²) in [7, 11) is 1.98. The molecule has 1 atom stereocenters. The highest BCUT2D eigenvalue weighted by Crippen LogP contribution is 2.40. The standard InChI is InChI=1S/C17H20N6O/c1-22-14(4-6-21-22)16-15-13(19-10-20-15)5-7-23(16)9-12-8-18-17(24-12)11-2-3-11/h4,6,8,10-11,16H,2-3,5,7,9H2,1H3,(H,19,20). The maximum atomic E-state index is 5.97. The number of nitrogens with one attached hydrogen (secondary N) is 1. The van der Waals surface area contributed by atoms with Crippen LogP contribution in [0.3, 0.4) is 0 Å². The number of aryl methyl sites for hydroxylation is 1. The van der Waals surface area contributed by atoms with Gasteiger partial charge in [0.15, 0.2) is 5.89 Å². The Morgan fingerprint density at radius 1 is 1.33 bits per heavy atom. The number of aromatic amines is 1. The van der Waals surface area contributed by atoms with E-state index in [0.717, 1.165) is 42.5 Å². The van der Waals surface area contributed by atoms with Gasteiger partial charge in [0.1, 0.15) is 5.76 Å². The van der Waals surface area contributed by atoms with Crippen molar-refractivity contribution in [3.8, 4) is 0 Å². The minimum Gasteiger partial charge on any atom is -0.444 e. The summed E-state index contributed by atoms with van der Waals surface area (Å²) in [5.74, 6) is 2.38. The molecule has 7 nitrogen and oxygen atoms in total. The topological polar surface area (TPSA) is 75.8 Å². The van der Waals surface area contributed by atoms with Crippen LogP contribution >= 0.6 is 0 Å². The van der Waals surface area contributed by atoms with Crippen LogP contribution in [0.4, 0.5) is 0 Å². The van der Waals surface area contributed by atoms with Crippen molar-refractivity contribution in [1.29, 1.82) is 0 Å². The van der Waals surface area contributed by atoms with E-state index in [2.05, 4.69) is 31.0 Å². The third kappa shape index (κ3) is 2.27. The molecule has 24 heavy (non-hydrogen) atoms. The average Bonchev–Trinajstić information content (AvgIpc) is 2.98. The Morgan fingerprint density at radius 3 is 3.04 bits per heavy atom. The zero-order valence-electron chi connectivity index (χ0n) is 13.6. The first kappa shape index (κ1) is 14.0. The SMILES string of the molecule is Cn1nccc1C1c2nc[nH]c2CCN1Cc1cnc(C2CC2)o1. The van der Waals surface area contributed by atoms with Crippen LogP contribution in [-0.4, -0.2) is 36.2 Å². The summed E-state index contributed by atoms with van der Waals surface area (Å²) in [6, 6.07) is 2.15. The van der Waals surface area contributed by atoms with Crippen molar-refractivity contribution < 1.29 is 4.42 Å². The molecule has 3 aromatic rings. The summed E-state index contributed by atoms with van der Waals surface area (Å²) in [6.07, 6.45) is 8.89. The van der Waals surface area contributed by atoms with Gasteiger partial charge in [-0.1, -0.05) is 0 Å². The van der Waals surface area contributed by atoms with Crippen molar-refractivity contribution >= 4 is 0 Å². The Morgan fingerprint density at radius 2 is 2.25 bits per heavy atom. The van der Waals surface area contributed by atoms with Gasteiger partial charge in [0.2, 0.25) is 0 Å². The van der Waals surface area contributed by atoms with Crippen LogP contribution in [0.25, 0.3) is 0 Å². The van der Waals surface area contributed by atoms with Gasteiger partial charge in [0, 0.05) is 37.8 Å². The van der Waals surface area contributed by atoms with E-state index in [0.29, 0.717) is 5.92 Å². The first-order valence-electron chi connectivity index (χ1n) is 8.48. The van der Waals surface area contributed by atoms with Crippen LogP contribution in [0, 0.1) is 0 Å². The Balaban J connectivity index is 1.48. The molecule has 0 saturated heterocycles. The largest absolute Gasteiger partial charge is 0.444 e. The summed E-state index contributed by atoms with van der Waals surface area (Å²) in [5, 5.41) is 4.34. The molecule has 1 saturated carbocycles. The summed E-state index contributed by atoms with van der Waals surface area (Å²) in [6.45, 7) is 1.69. The van der Waals surface area contributed by atoms with Crippen LogP contribution in [0.5, 0.6) is 0 Å². The van der Waals surface area contributed by atoms with Gasteiger partial charge >= 0.3 is 0 Å². The summed E-state index contributed by atoms with van der Waals surface area (Å²) < 4.78 is 7.90. The lowest BCUT2D eigenvalue weighted by Gasteiger charge is -2.34. The third-order valence-electron chi connectivity index (χ3n) is 5.02. The number of hydrogen-bond donors (Lipinski definition) is 1. The molecule has 124 valence electrons. The minimum atomic E-state index is 0.0852. The number of imidazole rings is 1. The molecule has 1 aliphatic carbocycles. The predicted molar refractivity (Wildman–Crippen MR) is 86.2 cm³/mol. The highest BCUT2D eigenvalue weighted by Gasteiger charge is 2.34. The molecule has 0 spiro atoms. The second-order valence-electron chi connectivity index (χ2n) is 6.71. The van der Waals surface area contributed by atoms with Gasteiger partial charge in [-0.3, -0.25) is 9.58 Å². The van der Waals surface area contributed by atoms with Crippen LogP contribution in [-0.2, 0) is 20.0 Å². The second-order valence-corrected chi connectivity index (χ2v) is 6.71. The Labute approximate surface area is 139 Å². The maximum absolute atomic E-state index is 5.97. The fraction of sp³-hybridized carbons (Fsp3) is 0.471. The van der Waals surface area contributed by atoms with Gasteiger partial charge in [0.25, 0.3) is 0 Å². The van der Waals surface area contributed by atoms with E-state index >= 15 is 0 Å². The zero-order chi connectivity index (χ0) is 16.1. The first-order chi connectivity index (χ1) is 11.8. The molecule has 0 radical (unpaired) electrons. The van der Waals surface area contributed by atoms with Crippen molar-refractivity contribution in [3.63, 3.8) is 0 Å². The molecule has 0 aromatic carbocycles. The number of hydrogen-bond acceptors (Lipinski definition) is 5. The number of aromatic nitrogens is 5. The predicted octanol–water partition coefficient (Wildman–Crippen LogP) is 2.16. The van der Waals surface area contributed by atoms with E-state index in [1.54, 1.807) is 6.33 Å². The Kier molecular flexibility index (Phi) is 3.09. The molecule has 3 aromatic heterocycles. The molecule has 5 rings (SSSR count). The van der Waals surface area contributed by atoms with E-state index in [1.165, 1.54) is 18.5 Å². The van der Waals surface area contributed by atoms with Crippen LogP contribution in [0.2, 0.25) is 0 Å². The number of fused-ring (bicyclic) bond motifs is 1. The van der Waals surface area contributed by atoms with Gasteiger partial charge in [-0.05, 0) is 18.9 Å². The Hall–Kier alpha value is -2.41. The van der Waals surface area contributed by atoms with Gasteiger partial charge in [-0.25, -0.2) is 9.97 Å². The van der Waals surface area contributed by atoms with Gasteiger partial charge in [0.05, 0.1) is 36.5 Å². The number of rotatable bonds is 4. The quantitative estimate of drug-likeness (QED) is 0.796. The molecule has 0 amide bonds. The van der Waals surface area contributed by atoms with Gasteiger partial charge < -0.3 is 9.40 Å². The monoisotopic (exact) mass is 324 g/mol. The normalized spacial score (nSPS) is 21.1. The van der Waals surface area contributed by atoms with Crippen molar-refractivity contribution in [2.24, 2.45) is 7.05 Å². The molecule has 1 N–H and O–H groups in total. The smallest absolute Gasteiger partial charge is 0.197 e. The molecule has 1 unspecified atom stereocenters. The lowest BCUT2D eigenvalue weighted by Crippen LogP contribution is -2.36. The molecule has 7 heteroatoms. The number of nitrogens with zero attached hydrogens (tertiary/aromatic N) is 5. The van der Waals surface area contributed by atoms with Gasteiger partial charge in [-0.2, -0.15) is 5.10 Å². The molecule has 0 bridgehead atoms. The Bertz CT molecular complexity index is 858. The van der Waals surface area contributed by atoms with Crippen molar-refractivity contribution in [3.05, 3.63) is 53.5 Å². The van der Waals surface area contributed by atoms with E-state index in [4.69, 9.17) is 4.42 Å². The van der Waals surface area contributed by atoms with Crippen molar-refractivity contribution in [2.45, 2.75) is 37.8 Å². The number of oxazole rings is 1. The van der Waals surface area contributed by atoms with E-state index in [9.17, 15) is 0 Å². The van der Waals surface area contributed by atoms with Crippen LogP contribution in [0.1, 0.15) is 53.5 Å². The molecular weight excluding hydrogens is 304 g/mol. The first-order valence-corrected chi connectivity index (χ1v) is 8.48. The minimum absolute atomic E-state index is 0.0852. The van der Waals surface area contributed by atoms with Crippen LogP contribution in [0.15, 0.2) is 29.2 Å². The summed E-state index contributed by atoms with van der Waals surface area (Å²) in [5.41, 5.74) is 3.45. The van der Waals surface area contributed by atoms with Crippen molar-refractivity contribution in [2.75, 3.05) is 6.54 Å². The van der Waals surface area contributed by atoms with Crippen molar-refractivity contribution in [1.82, 2.24) is 29.6 Å². The molecule has 1 aliphatic heterocycles. The lowest BCUT2D eigenvalue weighted by molar-refractivity contribution is 0.177. The van der Waals surface area contributed by atoms with Crippen LogP contribution < -0.4 is 0 Å². The fourth-order valence-corrected chi connectivity index (χ4v) is 3.59. The molecule has 2 aliphatic rings. The molecular formula is C17H20N6O. The zero-order valence-corrected chi connectivity index (χ0v) is 13.6. The van der Waals surface area contributed by atoms with E-state index in [-0.39, 0.29) is 6.04 Å². The average molecular weight is 324 g/mol. The van der Waals surface area contributed by atoms with Gasteiger partial charge in [-0.15, -0.1) is 0 Å². The highest BCUT2D eigenvalue weighted by atomic mass is 16.4. The third-order valence-corrected chi connectivity index (χ3v) is 5.02. The molecule has 4 heterocycles. The van der Waals surface area contributed by atoms with E-state index < -0.39 is 0 Å². The summed E-state index contributed by atoms with van der Waals surface area (Å²) in [4.78, 5) is 14.7.